The molecule has 3 heteroatoms. The standard InChI is InChI=1S/C12H17P3/c1-2-15-9-7-13-11-5-3-4-6-12(11)14-8-10-15/h2-6,13-14H,1,7-10H2. The Morgan fingerprint density at radius 3 is 2.07 bits per heavy atom. The van der Waals surface area contributed by atoms with E-state index in [0.717, 1.165) is 17.2 Å². The van der Waals surface area contributed by atoms with Crippen molar-refractivity contribution in [1.82, 2.24) is 0 Å². The van der Waals surface area contributed by atoms with Crippen molar-refractivity contribution >= 4 is 35.7 Å². The van der Waals surface area contributed by atoms with Crippen LogP contribution in [0, 0.1) is 0 Å². The van der Waals surface area contributed by atoms with E-state index >= 15 is 0 Å². The van der Waals surface area contributed by atoms with Crippen LogP contribution in [0.1, 0.15) is 0 Å². The van der Waals surface area contributed by atoms with Crippen molar-refractivity contribution in [2.45, 2.75) is 0 Å². The van der Waals surface area contributed by atoms with Crippen LogP contribution in [0.2, 0.25) is 0 Å². The van der Waals surface area contributed by atoms with Crippen molar-refractivity contribution < 1.29 is 0 Å². The highest BCUT2D eigenvalue weighted by Crippen LogP contribution is 2.39. The summed E-state index contributed by atoms with van der Waals surface area (Å²) in [5.41, 5.74) is 0. The van der Waals surface area contributed by atoms with E-state index in [9.17, 15) is 0 Å². The summed E-state index contributed by atoms with van der Waals surface area (Å²) in [7, 11) is 2.19. The molecule has 1 aliphatic heterocycles. The van der Waals surface area contributed by atoms with E-state index in [-0.39, 0.29) is 7.92 Å². The number of fused-ring (bicyclic) bond motifs is 1. The van der Waals surface area contributed by atoms with Crippen LogP contribution in [0.3, 0.4) is 0 Å². The lowest BCUT2D eigenvalue weighted by molar-refractivity contribution is 1.45. The van der Waals surface area contributed by atoms with E-state index in [0.29, 0.717) is 0 Å². The Morgan fingerprint density at radius 1 is 1.07 bits per heavy atom. The van der Waals surface area contributed by atoms with Crippen LogP contribution in [-0.4, -0.2) is 24.6 Å². The maximum absolute atomic E-state index is 3.97. The topological polar surface area (TPSA) is 0 Å². The molecule has 15 heavy (non-hydrogen) atoms. The van der Waals surface area contributed by atoms with Gasteiger partial charge in [-0.15, -0.1) is 0 Å². The van der Waals surface area contributed by atoms with Gasteiger partial charge in [0.2, 0.25) is 0 Å². The molecule has 0 radical (unpaired) electrons. The van der Waals surface area contributed by atoms with Gasteiger partial charge < -0.3 is 0 Å². The normalized spacial score (nSPS) is 25.2. The van der Waals surface area contributed by atoms with Crippen LogP contribution in [-0.2, 0) is 0 Å². The summed E-state index contributed by atoms with van der Waals surface area (Å²) < 4.78 is 0. The third kappa shape index (κ3) is 3.35. The van der Waals surface area contributed by atoms with Crippen LogP contribution in [0.4, 0.5) is 0 Å². The maximum Gasteiger partial charge on any atom is -0.0197 e. The molecule has 0 aliphatic carbocycles. The minimum atomic E-state index is 0.145. The van der Waals surface area contributed by atoms with Crippen molar-refractivity contribution in [3.8, 4) is 0 Å². The minimum absolute atomic E-state index is 0.145. The summed E-state index contributed by atoms with van der Waals surface area (Å²) >= 11 is 0. The van der Waals surface area contributed by atoms with Crippen LogP contribution in [0.5, 0.6) is 0 Å². The first-order chi connectivity index (χ1) is 7.40. The van der Waals surface area contributed by atoms with Crippen molar-refractivity contribution in [1.29, 1.82) is 0 Å². The highest BCUT2D eigenvalue weighted by molar-refractivity contribution is 7.64. The Morgan fingerprint density at radius 2 is 1.60 bits per heavy atom. The summed E-state index contributed by atoms with van der Waals surface area (Å²) in [6.07, 6.45) is 5.55. The SMILES string of the molecule is C=CP1CCPc2ccccc2PCC1. The molecular formula is C12H17P3. The minimum Gasteiger partial charge on any atom is -0.0986 e. The Kier molecular flexibility index (Phi) is 4.77. The first-order valence-electron chi connectivity index (χ1n) is 5.33. The van der Waals surface area contributed by atoms with E-state index in [1.165, 1.54) is 24.6 Å². The smallest absolute Gasteiger partial charge is 0.0197 e. The molecule has 0 aromatic heterocycles. The number of hydrogen-bond acceptors (Lipinski definition) is 0. The van der Waals surface area contributed by atoms with Gasteiger partial charge in [0.15, 0.2) is 0 Å². The molecule has 0 fully saturated rings. The molecule has 0 saturated heterocycles. The largest absolute Gasteiger partial charge is 0.0986 e. The van der Waals surface area contributed by atoms with Gasteiger partial charge in [-0.25, -0.2) is 0 Å². The Balaban J connectivity index is 2.11. The second-order valence-electron chi connectivity index (χ2n) is 3.62. The molecule has 1 aromatic rings. The Bertz CT molecular complexity index is 306. The van der Waals surface area contributed by atoms with Crippen LogP contribution >= 0.6 is 25.1 Å². The molecule has 2 unspecified atom stereocenters. The van der Waals surface area contributed by atoms with Gasteiger partial charge in [0.25, 0.3) is 0 Å². The lowest BCUT2D eigenvalue weighted by Crippen LogP contribution is -2.15. The quantitative estimate of drug-likeness (QED) is 0.676. The van der Waals surface area contributed by atoms with E-state index in [1.54, 1.807) is 10.6 Å². The first kappa shape index (κ1) is 11.7. The molecule has 0 N–H and O–H groups in total. The fraction of sp³-hybridized carbons (Fsp3) is 0.333. The van der Waals surface area contributed by atoms with E-state index in [2.05, 4.69) is 36.7 Å². The van der Waals surface area contributed by atoms with Gasteiger partial charge in [0.05, 0.1) is 0 Å². The summed E-state index contributed by atoms with van der Waals surface area (Å²) in [4.78, 5) is 0. The monoisotopic (exact) mass is 254 g/mol. The molecule has 0 saturated carbocycles. The zero-order chi connectivity index (χ0) is 10.5. The van der Waals surface area contributed by atoms with Crippen LogP contribution < -0.4 is 10.6 Å². The van der Waals surface area contributed by atoms with E-state index in [1.807, 2.05) is 0 Å². The maximum atomic E-state index is 3.97. The molecule has 2 rings (SSSR count). The van der Waals surface area contributed by atoms with Crippen molar-refractivity contribution in [3.05, 3.63) is 36.7 Å². The molecular weight excluding hydrogens is 237 g/mol. The third-order valence-electron chi connectivity index (χ3n) is 2.61. The van der Waals surface area contributed by atoms with Gasteiger partial charge in [-0.1, -0.05) is 61.7 Å². The lowest BCUT2D eigenvalue weighted by atomic mass is 10.4. The zero-order valence-electron chi connectivity index (χ0n) is 8.87. The summed E-state index contributed by atoms with van der Waals surface area (Å²) in [6.45, 7) is 3.97. The zero-order valence-corrected chi connectivity index (χ0v) is 11.8. The van der Waals surface area contributed by atoms with Gasteiger partial charge in [-0.05, 0) is 35.3 Å². The van der Waals surface area contributed by atoms with Crippen molar-refractivity contribution in [3.63, 3.8) is 0 Å². The fourth-order valence-electron chi connectivity index (χ4n) is 1.75. The molecule has 1 aliphatic rings. The van der Waals surface area contributed by atoms with Gasteiger partial charge in [-0.3, -0.25) is 0 Å². The highest BCUT2D eigenvalue weighted by atomic mass is 31.1. The first-order valence-corrected chi connectivity index (χ1v) is 9.53. The molecule has 1 heterocycles. The molecule has 2 atom stereocenters. The van der Waals surface area contributed by atoms with Gasteiger partial charge in [0, 0.05) is 0 Å². The van der Waals surface area contributed by atoms with Gasteiger partial charge >= 0.3 is 0 Å². The summed E-state index contributed by atoms with van der Waals surface area (Å²) in [6, 6.07) is 9.01. The molecule has 1 aromatic carbocycles. The average molecular weight is 254 g/mol. The van der Waals surface area contributed by atoms with Gasteiger partial charge in [0.1, 0.15) is 0 Å². The molecule has 0 amide bonds. The highest BCUT2D eigenvalue weighted by Gasteiger charge is 2.09. The van der Waals surface area contributed by atoms with Crippen molar-refractivity contribution in [2.75, 3.05) is 24.6 Å². The van der Waals surface area contributed by atoms with Crippen LogP contribution in [0.15, 0.2) is 36.7 Å². The van der Waals surface area contributed by atoms with E-state index in [4.69, 9.17) is 0 Å². The van der Waals surface area contributed by atoms with Gasteiger partial charge in [-0.2, -0.15) is 0 Å². The Labute approximate surface area is 97.3 Å². The number of hydrogen-bond donors (Lipinski definition) is 0. The molecule has 80 valence electrons. The number of benzene rings is 1. The Hall–Kier alpha value is 0.250. The summed E-state index contributed by atoms with van der Waals surface area (Å²) in [5, 5.41) is 3.24. The van der Waals surface area contributed by atoms with E-state index < -0.39 is 0 Å². The second kappa shape index (κ2) is 6.10. The van der Waals surface area contributed by atoms with Crippen LogP contribution in [0.25, 0.3) is 0 Å². The molecule has 0 nitrogen and oxygen atoms in total. The lowest BCUT2D eigenvalue weighted by Gasteiger charge is -2.09. The fourth-order valence-corrected chi connectivity index (χ4v) is 7.58. The predicted molar refractivity (Wildman–Crippen MR) is 78.9 cm³/mol. The van der Waals surface area contributed by atoms with Crippen molar-refractivity contribution in [2.24, 2.45) is 0 Å². The predicted octanol–water partition coefficient (Wildman–Crippen LogP) is 2.93. The molecule has 0 bridgehead atoms. The third-order valence-corrected chi connectivity index (χ3v) is 8.45. The average Bonchev–Trinajstić information content (AvgIpc) is 2.38. The molecule has 0 spiro atoms. The number of rotatable bonds is 1. The second-order valence-corrected chi connectivity index (χ2v) is 8.84. The summed E-state index contributed by atoms with van der Waals surface area (Å²) in [5.74, 6) is 2.22.